The number of nitrogens with two attached hydrogens (primary N) is 1. The zero-order chi connectivity index (χ0) is 19.6. The van der Waals surface area contributed by atoms with Crippen LogP contribution >= 0.6 is 0 Å². The molecule has 0 spiro atoms. The summed E-state index contributed by atoms with van der Waals surface area (Å²) in [5, 5.41) is 0. The van der Waals surface area contributed by atoms with Crippen molar-refractivity contribution in [3.05, 3.63) is 60.4 Å². The molecule has 7 heteroatoms. The Morgan fingerprint density at radius 1 is 1.04 bits per heavy atom. The number of halogens is 1. The SMILES string of the molecule is CN(CCOc1ccccc1F)CC(=O)N(CCC(N)=O)c1ccccc1. The Bertz CT molecular complexity index is 755. The average Bonchev–Trinajstić information content (AvgIpc) is 2.64. The van der Waals surface area contributed by atoms with Crippen molar-refractivity contribution < 1.29 is 18.7 Å². The molecule has 0 aliphatic carbocycles. The van der Waals surface area contributed by atoms with Gasteiger partial charge in [-0.25, -0.2) is 4.39 Å². The molecule has 0 aliphatic rings. The molecule has 144 valence electrons. The van der Waals surface area contributed by atoms with E-state index in [9.17, 15) is 14.0 Å². The van der Waals surface area contributed by atoms with E-state index in [4.69, 9.17) is 10.5 Å². The molecule has 0 saturated carbocycles. The van der Waals surface area contributed by atoms with Crippen molar-refractivity contribution in [2.45, 2.75) is 6.42 Å². The van der Waals surface area contributed by atoms with E-state index >= 15 is 0 Å². The second-order valence-electron chi connectivity index (χ2n) is 6.11. The quantitative estimate of drug-likeness (QED) is 0.692. The third-order valence-corrected chi connectivity index (χ3v) is 3.92. The Morgan fingerprint density at radius 3 is 2.37 bits per heavy atom. The number of rotatable bonds is 10. The van der Waals surface area contributed by atoms with Crippen LogP contribution in [0.4, 0.5) is 10.1 Å². The number of hydrogen-bond acceptors (Lipinski definition) is 4. The van der Waals surface area contributed by atoms with Gasteiger partial charge < -0.3 is 15.4 Å². The standard InChI is InChI=1S/C20H24FN3O3/c1-23(13-14-27-18-10-6-5-9-17(18)21)15-20(26)24(12-11-19(22)25)16-7-3-2-4-8-16/h2-10H,11-15H2,1H3,(H2,22,25). The van der Waals surface area contributed by atoms with Gasteiger partial charge in [-0.05, 0) is 31.3 Å². The minimum absolute atomic E-state index is 0.0841. The van der Waals surface area contributed by atoms with Crippen LogP contribution in [0.25, 0.3) is 0 Å². The first-order chi connectivity index (χ1) is 13.0. The first-order valence-electron chi connectivity index (χ1n) is 8.67. The smallest absolute Gasteiger partial charge is 0.241 e. The molecule has 0 saturated heterocycles. The van der Waals surface area contributed by atoms with Gasteiger partial charge >= 0.3 is 0 Å². The van der Waals surface area contributed by atoms with Gasteiger partial charge in [-0.1, -0.05) is 30.3 Å². The Labute approximate surface area is 158 Å². The van der Waals surface area contributed by atoms with Crippen molar-refractivity contribution >= 4 is 17.5 Å². The van der Waals surface area contributed by atoms with E-state index < -0.39 is 11.7 Å². The van der Waals surface area contributed by atoms with Gasteiger partial charge in [-0.3, -0.25) is 14.5 Å². The van der Waals surface area contributed by atoms with Gasteiger partial charge in [0.2, 0.25) is 11.8 Å². The molecule has 0 atom stereocenters. The molecule has 0 heterocycles. The summed E-state index contributed by atoms with van der Waals surface area (Å²) in [6, 6.07) is 15.3. The minimum atomic E-state index is -0.463. The van der Waals surface area contributed by atoms with Crippen LogP contribution in [0.1, 0.15) is 6.42 Å². The Morgan fingerprint density at radius 2 is 1.70 bits per heavy atom. The number of carbonyl (C=O) groups excluding carboxylic acids is 2. The maximum atomic E-state index is 13.5. The van der Waals surface area contributed by atoms with E-state index in [1.54, 1.807) is 47.2 Å². The third-order valence-electron chi connectivity index (χ3n) is 3.92. The number of anilines is 1. The second-order valence-corrected chi connectivity index (χ2v) is 6.11. The summed E-state index contributed by atoms with van der Waals surface area (Å²) in [7, 11) is 1.78. The highest BCUT2D eigenvalue weighted by atomic mass is 19.1. The Balaban J connectivity index is 1.89. The Hall–Kier alpha value is -2.93. The number of likely N-dealkylation sites (N-methyl/N-ethyl adjacent to an activating group) is 1. The molecule has 2 rings (SSSR count). The van der Waals surface area contributed by atoms with Crippen LogP contribution in [0.3, 0.4) is 0 Å². The maximum Gasteiger partial charge on any atom is 0.241 e. The molecule has 2 amide bonds. The summed E-state index contributed by atoms with van der Waals surface area (Å²) in [6.07, 6.45) is 0.0841. The van der Waals surface area contributed by atoms with Crippen molar-refractivity contribution in [2.24, 2.45) is 5.73 Å². The second kappa shape index (κ2) is 10.3. The number of carbonyl (C=O) groups is 2. The van der Waals surface area contributed by atoms with Crippen LogP contribution in [0.2, 0.25) is 0 Å². The predicted octanol–water partition coefficient (Wildman–Crippen LogP) is 2.04. The van der Waals surface area contributed by atoms with Crippen LogP contribution in [-0.4, -0.2) is 50.0 Å². The number of benzene rings is 2. The summed E-state index contributed by atoms with van der Waals surface area (Å²) in [4.78, 5) is 27.1. The number of hydrogen-bond donors (Lipinski definition) is 1. The summed E-state index contributed by atoms with van der Waals surface area (Å²) in [5.41, 5.74) is 5.93. The zero-order valence-corrected chi connectivity index (χ0v) is 15.3. The number of para-hydroxylation sites is 2. The third kappa shape index (κ3) is 6.71. The number of primary amides is 1. The first-order valence-corrected chi connectivity index (χ1v) is 8.67. The van der Waals surface area contributed by atoms with Crippen LogP contribution in [0.15, 0.2) is 54.6 Å². The van der Waals surface area contributed by atoms with E-state index in [0.29, 0.717) is 12.2 Å². The molecular weight excluding hydrogens is 349 g/mol. The van der Waals surface area contributed by atoms with Gasteiger partial charge in [0.15, 0.2) is 11.6 Å². The van der Waals surface area contributed by atoms with E-state index in [1.807, 2.05) is 18.2 Å². The minimum Gasteiger partial charge on any atom is -0.489 e. The van der Waals surface area contributed by atoms with Gasteiger partial charge in [0.05, 0.1) is 6.54 Å². The fourth-order valence-electron chi connectivity index (χ4n) is 2.50. The molecule has 0 unspecified atom stereocenters. The van der Waals surface area contributed by atoms with Crippen molar-refractivity contribution in [1.82, 2.24) is 4.90 Å². The zero-order valence-electron chi connectivity index (χ0n) is 15.3. The van der Waals surface area contributed by atoms with Crippen LogP contribution < -0.4 is 15.4 Å². The molecule has 0 radical (unpaired) electrons. The monoisotopic (exact) mass is 373 g/mol. The van der Waals surface area contributed by atoms with Crippen molar-refractivity contribution in [2.75, 3.05) is 38.2 Å². The molecule has 27 heavy (non-hydrogen) atoms. The summed E-state index contributed by atoms with van der Waals surface area (Å²) in [6.45, 7) is 1.04. The number of nitrogens with zero attached hydrogens (tertiary/aromatic N) is 2. The van der Waals surface area contributed by atoms with Gasteiger partial charge in [-0.15, -0.1) is 0 Å². The highest BCUT2D eigenvalue weighted by molar-refractivity contribution is 5.95. The summed E-state index contributed by atoms with van der Waals surface area (Å²) in [5.74, 6) is -0.853. The molecule has 6 nitrogen and oxygen atoms in total. The Kier molecular flexibility index (Phi) is 7.76. The lowest BCUT2D eigenvalue weighted by Crippen LogP contribution is -2.41. The fraction of sp³-hybridized carbons (Fsp3) is 0.300. The van der Waals surface area contributed by atoms with Crippen LogP contribution in [-0.2, 0) is 9.59 Å². The van der Waals surface area contributed by atoms with Crippen molar-refractivity contribution in [3.63, 3.8) is 0 Å². The first kappa shape index (κ1) is 20.4. The molecule has 0 fully saturated rings. The molecule has 2 aromatic carbocycles. The van der Waals surface area contributed by atoms with Crippen molar-refractivity contribution in [1.29, 1.82) is 0 Å². The van der Waals surface area contributed by atoms with Crippen LogP contribution in [0.5, 0.6) is 5.75 Å². The predicted molar refractivity (Wildman–Crippen MR) is 102 cm³/mol. The maximum absolute atomic E-state index is 13.5. The van der Waals surface area contributed by atoms with E-state index in [-0.39, 0.29) is 37.8 Å². The topological polar surface area (TPSA) is 75.9 Å². The van der Waals surface area contributed by atoms with Crippen LogP contribution in [0, 0.1) is 5.82 Å². The molecule has 2 N–H and O–H groups in total. The van der Waals surface area contributed by atoms with Crippen molar-refractivity contribution in [3.8, 4) is 5.75 Å². The largest absolute Gasteiger partial charge is 0.489 e. The molecule has 0 aliphatic heterocycles. The highest BCUT2D eigenvalue weighted by Crippen LogP contribution is 2.16. The normalized spacial score (nSPS) is 10.6. The fourth-order valence-corrected chi connectivity index (χ4v) is 2.50. The van der Waals surface area contributed by atoms with E-state index in [1.165, 1.54) is 6.07 Å². The average molecular weight is 373 g/mol. The van der Waals surface area contributed by atoms with Gasteiger partial charge in [0.1, 0.15) is 6.61 Å². The van der Waals surface area contributed by atoms with E-state index in [2.05, 4.69) is 0 Å². The van der Waals surface area contributed by atoms with E-state index in [0.717, 1.165) is 0 Å². The highest BCUT2D eigenvalue weighted by Gasteiger charge is 2.18. The number of ether oxygens (including phenoxy) is 1. The molecule has 0 bridgehead atoms. The van der Waals surface area contributed by atoms with Gasteiger partial charge in [-0.2, -0.15) is 0 Å². The molecular formula is C20H24FN3O3. The lowest BCUT2D eigenvalue weighted by molar-refractivity contribution is -0.119. The molecule has 0 aromatic heterocycles. The van der Waals surface area contributed by atoms with Gasteiger partial charge in [0.25, 0.3) is 0 Å². The summed E-state index contributed by atoms with van der Waals surface area (Å²) >= 11 is 0. The lowest BCUT2D eigenvalue weighted by atomic mass is 10.2. The summed E-state index contributed by atoms with van der Waals surface area (Å²) < 4.78 is 18.9. The number of amides is 2. The van der Waals surface area contributed by atoms with Gasteiger partial charge in [0, 0.05) is 25.2 Å². The lowest BCUT2D eigenvalue weighted by Gasteiger charge is -2.25. The molecule has 2 aromatic rings.